The van der Waals surface area contributed by atoms with Crippen molar-refractivity contribution in [1.29, 1.82) is 0 Å². The van der Waals surface area contributed by atoms with Crippen molar-refractivity contribution in [3.63, 3.8) is 0 Å². The van der Waals surface area contributed by atoms with Crippen LogP contribution < -0.4 is 10.7 Å². The fourth-order valence-electron chi connectivity index (χ4n) is 1.00. The third-order valence-corrected chi connectivity index (χ3v) is 1.48. The third kappa shape index (κ3) is 1.87. The van der Waals surface area contributed by atoms with E-state index >= 15 is 0 Å². The number of carbonyl (C=O) groups is 1. The van der Waals surface area contributed by atoms with Gasteiger partial charge in [-0.2, -0.15) is 0 Å². The van der Waals surface area contributed by atoms with Crippen molar-refractivity contribution >= 4 is 36.8 Å². The summed E-state index contributed by atoms with van der Waals surface area (Å²) in [6.45, 7) is 0. The summed E-state index contributed by atoms with van der Waals surface area (Å²) in [5.41, 5.74) is 0. The molecule has 0 unspecified atom stereocenters. The van der Waals surface area contributed by atoms with Gasteiger partial charge in [-0.15, -0.1) is 24.8 Å². The summed E-state index contributed by atoms with van der Waals surface area (Å²) >= 11 is 0. The second kappa shape index (κ2) is 4.28. The van der Waals surface area contributed by atoms with Crippen LogP contribution in [0.25, 0.3) is 6.08 Å². The van der Waals surface area contributed by atoms with Gasteiger partial charge in [-0.1, -0.05) is 0 Å². The first-order valence-corrected chi connectivity index (χ1v) is 3.11. The van der Waals surface area contributed by atoms with Gasteiger partial charge in [-0.05, 0) is 12.1 Å². The number of rotatable bonds is 0. The molecule has 2 rings (SSSR count). The van der Waals surface area contributed by atoms with Crippen LogP contribution in [0.5, 0.6) is 0 Å². The molecule has 0 fully saturated rings. The fraction of sp³-hybridized carbons (Fsp3) is 0.143. The number of nitrogens with zero attached hydrogens (tertiary/aromatic N) is 1. The summed E-state index contributed by atoms with van der Waals surface area (Å²) in [6, 6.07) is 1.79. The van der Waals surface area contributed by atoms with Crippen LogP contribution in [0, 0.1) is 0 Å². The van der Waals surface area contributed by atoms with Crippen molar-refractivity contribution in [3.8, 4) is 0 Å². The van der Waals surface area contributed by atoms with Gasteiger partial charge in [0, 0.05) is 12.6 Å². The summed E-state index contributed by atoms with van der Waals surface area (Å²) in [6.07, 6.45) is 4.06. The number of amides is 1. The molecule has 0 aliphatic carbocycles. The van der Waals surface area contributed by atoms with Crippen molar-refractivity contribution in [2.24, 2.45) is 4.99 Å². The van der Waals surface area contributed by atoms with Crippen LogP contribution in [0.1, 0.15) is 6.42 Å². The monoisotopic (exact) mass is 206 g/mol. The summed E-state index contributed by atoms with van der Waals surface area (Å²) in [7, 11) is 0. The number of hydrogen-bond donors (Lipinski definition) is 1. The highest BCUT2D eigenvalue weighted by Gasteiger charge is 2.01. The number of hydrogen-bond acceptors (Lipinski definition) is 1. The molecule has 1 N–H and O–H groups in total. The van der Waals surface area contributed by atoms with E-state index in [9.17, 15) is 4.79 Å². The maximum Gasteiger partial charge on any atom is 0.250 e. The molecule has 12 heavy (non-hydrogen) atoms. The Labute approximate surface area is 81.4 Å². The molecule has 2 heterocycles. The quantitative estimate of drug-likeness (QED) is 0.648. The van der Waals surface area contributed by atoms with Crippen LogP contribution in [-0.2, 0) is 4.79 Å². The summed E-state index contributed by atoms with van der Waals surface area (Å²) in [4.78, 5) is 17.5. The van der Waals surface area contributed by atoms with Crippen molar-refractivity contribution < 1.29 is 4.79 Å². The fourth-order valence-corrected chi connectivity index (χ4v) is 1.00. The Bertz CT molecular complexity index is 382. The van der Waals surface area contributed by atoms with Crippen molar-refractivity contribution in [1.82, 2.24) is 4.98 Å². The Morgan fingerprint density at radius 1 is 1.42 bits per heavy atom. The highest BCUT2D eigenvalue weighted by molar-refractivity contribution is 5.85. The number of carbonyl (C=O) groups excluding carboxylic acids is 1. The average molecular weight is 207 g/mol. The Morgan fingerprint density at radius 2 is 2.17 bits per heavy atom. The van der Waals surface area contributed by atoms with Gasteiger partial charge in [-0.25, -0.2) is 4.99 Å². The minimum atomic E-state index is -0.0629. The van der Waals surface area contributed by atoms with Crippen LogP contribution in [0.4, 0.5) is 0 Å². The van der Waals surface area contributed by atoms with Gasteiger partial charge in [0.25, 0.3) is 0 Å². The Morgan fingerprint density at radius 3 is 2.92 bits per heavy atom. The first-order valence-electron chi connectivity index (χ1n) is 3.11. The first-order chi connectivity index (χ1) is 4.86. The Hall–Kier alpha value is -0.800. The van der Waals surface area contributed by atoms with Crippen LogP contribution in [0.15, 0.2) is 17.3 Å². The zero-order chi connectivity index (χ0) is 6.97. The predicted molar refractivity (Wildman–Crippen MR) is 50.2 cm³/mol. The third-order valence-electron chi connectivity index (χ3n) is 1.48. The lowest BCUT2D eigenvalue weighted by Crippen LogP contribution is -2.27. The highest BCUT2D eigenvalue weighted by Crippen LogP contribution is 1.87. The second-order valence-corrected chi connectivity index (χ2v) is 2.19. The van der Waals surface area contributed by atoms with E-state index in [0.717, 1.165) is 10.7 Å². The van der Waals surface area contributed by atoms with Crippen LogP contribution in [-0.4, -0.2) is 10.9 Å². The molecule has 0 saturated heterocycles. The topological polar surface area (TPSA) is 45.2 Å². The van der Waals surface area contributed by atoms with E-state index in [1.807, 2.05) is 6.08 Å². The summed E-state index contributed by atoms with van der Waals surface area (Å²) in [5, 5.41) is 1.72. The highest BCUT2D eigenvalue weighted by atomic mass is 35.5. The predicted octanol–water partition coefficient (Wildman–Crippen LogP) is 0.189. The number of nitrogens with one attached hydrogen (secondary N) is 1. The van der Waals surface area contributed by atoms with Crippen molar-refractivity contribution in [2.75, 3.05) is 0 Å². The van der Waals surface area contributed by atoms with Crippen molar-refractivity contribution in [2.45, 2.75) is 6.42 Å². The van der Waals surface area contributed by atoms with E-state index < -0.39 is 0 Å². The van der Waals surface area contributed by atoms with Gasteiger partial charge >= 0.3 is 0 Å². The molecule has 0 spiro atoms. The number of H-pyrrole nitrogens is 1. The number of aromatic amines is 1. The molecule has 0 radical (unpaired) electrons. The van der Waals surface area contributed by atoms with Gasteiger partial charge in [-0.3, -0.25) is 4.79 Å². The van der Waals surface area contributed by atoms with E-state index in [1.54, 1.807) is 12.3 Å². The maximum atomic E-state index is 10.7. The molecule has 1 aromatic rings. The zero-order valence-corrected chi connectivity index (χ0v) is 7.74. The average Bonchev–Trinajstić information content (AvgIpc) is 2.33. The number of fused-ring (bicyclic) bond motifs is 1. The van der Waals surface area contributed by atoms with E-state index in [1.165, 1.54) is 0 Å². The van der Waals surface area contributed by atoms with Gasteiger partial charge in [0.2, 0.25) is 5.91 Å². The molecule has 0 saturated carbocycles. The van der Waals surface area contributed by atoms with E-state index in [0.29, 0.717) is 6.42 Å². The molecule has 3 nitrogen and oxygen atoms in total. The molecule has 66 valence electrons. The standard InChI is InChI=1S/C7H6N2O.2ClH/c10-7-2-1-5-6(9-7)3-4-8-5;;/h1,3-4,8H,2H2;2*1H. The Kier molecular flexibility index (Phi) is 4.00. The van der Waals surface area contributed by atoms with Gasteiger partial charge < -0.3 is 4.98 Å². The first kappa shape index (κ1) is 11.2. The van der Waals surface area contributed by atoms with Gasteiger partial charge in [0.1, 0.15) is 0 Å². The van der Waals surface area contributed by atoms with E-state index in [-0.39, 0.29) is 30.7 Å². The minimum Gasteiger partial charge on any atom is -0.360 e. The van der Waals surface area contributed by atoms with Crippen molar-refractivity contribution in [3.05, 3.63) is 23.0 Å². The van der Waals surface area contributed by atoms with Gasteiger partial charge in [0.05, 0.1) is 10.7 Å². The molecular weight excluding hydrogens is 199 g/mol. The normalized spacial score (nSPS) is 12.8. The SMILES string of the molecule is Cl.Cl.O=C1CC=c2[nH]ccc2=N1. The van der Waals surface area contributed by atoms with Crippen LogP contribution in [0.2, 0.25) is 0 Å². The molecule has 1 aliphatic rings. The van der Waals surface area contributed by atoms with E-state index in [2.05, 4.69) is 9.98 Å². The molecule has 1 amide bonds. The molecule has 5 heteroatoms. The van der Waals surface area contributed by atoms with Gasteiger partial charge in [0.15, 0.2) is 0 Å². The summed E-state index contributed by atoms with van der Waals surface area (Å²) < 4.78 is 0. The summed E-state index contributed by atoms with van der Waals surface area (Å²) in [5.74, 6) is -0.0629. The lowest BCUT2D eigenvalue weighted by molar-refractivity contribution is -0.117. The molecule has 1 aromatic heterocycles. The zero-order valence-electron chi connectivity index (χ0n) is 6.11. The smallest absolute Gasteiger partial charge is 0.250 e. The molecule has 0 bridgehead atoms. The number of halogens is 2. The minimum absolute atomic E-state index is 0. The molecule has 0 atom stereocenters. The lowest BCUT2D eigenvalue weighted by atomic mass is 10.3. The Balaban J connectivity index is 0.000000605. The number of aromatic nitrogens is 1. The molecular formula is C7H8Cl2N2O. The molecule has 0 aromatic carbocycles. The van der Waals surface area contributed by atoms with Crippen LogP contribution in [0.3, 0.4) is 0 Å². The lowest BCUT2D eigenvalue weighted by Gasteiger charge is -1.90. The maximum absolute atomic E-state index is 10.7. The van der Waals surface area contributed by atoms with E-state index in [4.69, 9.17) is 0 Å². The second-order valence-electron chi connectivity index (χ2n) is 2.19. The van der Waals surface area contributed by atoms with Crippen LogP contribution >= 0.6 is 24.8 Å². The largest absolute Gasteiger partial charge is 0.360 e. The molecule has 1 aliphatic heterocycles.